The van der Waals surface area contributed by atoms with E-state index in [1.165, 1.54) is 16.1 Å². The Bertz CT molecular complexity index is 1400. The Kier molecular flexibility index (Phi) is 6.32. The lowest BCUT2D eigenvalue weighted by molar-refractivity contribution is 0.445. The predicted molar refractivity (Wildman–Crippen MR) is 122 cm³/mol. The van der Waals surface area contributed by atoms with Gasteiger partial charge in [-0.3, -0.25) is 0 Å². The summed E-state index contributed by atoms with van der Waals surface area (Å²) in [5.41, 5.74) is 2.87. The van der Waals surface area contributed by atoms with Crippen molar-refractivity contribution in [3.63, 3.8) is 0 Å². The van der Waals surface area contributed by atoms with E-state index in [-0.39, 0.29) is 10.8 Å². The summed E-state index contributed by atoms with van der Waals surface area (Å²) in [6.45, 7) is 4.39. The number of aromatic nitrogens is 3. The molecular formula is C22H21N5O3S2. The van der Waals surface area contributed by atoms with Crippen molar-refractivity contribution in [3.05, 3.63) is 66.0 Å². The molecule has 0 aliphatic rings. The summed E-state index contributed by atoms with van der Waals surface area (Å²) in [7, 11) is -3.59. The van der Waals surface area contributed by atoms with E-state index in [0.717, 1.165) is 11.1 Å². The molecule has 0 radical (unpaired) electrons. The number of pyridine rings is 1. The minimum absolute atomic E-state index is 0.185. The summed E-state index contributed by atoms with van der Waals surface area (Å²) in [5, 5.41) is 18.0. The Balaban J connectivity index is 1.55. The fourth-order valence-electron chi connectivity index (χ4n) is 3.44. The van der Waals surface area contributed by atoms with Gasteiger partial charge < -0.3 is 8.82 Å². The van der Waals surface area contributed by atoms with Gasteiger partial charge in [0.25, 0.3) is 5.22 Å². The Labute approximate surface area is 190 Å². The van der Waals surface area contributed by atoms with E-state index in [9.17, 15) is 13.7 Å². The van der Waals surface area contributed by atoms with Crippen molar-refractivity contribution < 1.29 is 12.8 Å². The van der Waals surface area contributed by atoms with Crippen molar-refractivity contribution in [1.29, 1.82) is 5.26 Å². The molecular weight excluding hydrogens is 446 g/mol. The fraction of sp³-hybridized carbons (Fsp3) is 0.227. The lowest BCUT2D eigenvalue weighted by Gasteiger charge is -2.18. The molecule has 10 heteroatoms. The van der Waals surface area contributed by atoms with Crippen molar-refractivity contribution in [3.8, 4) is 17.5 Å². The monoisotopic (exact) mass is 467 g/mol. The van der Waals surface area contributed by atoms with E-state index >= 15 is 0 Å². The van der Waals surface area contributed by atoms with Gasteiger partial charge in [0.1, 0.15) is 6.07 Å². The van der Waals surface area contributed by atoms with E-state index in [2.05, 4.69) is 16.3 Å². The summed E-state index contributed by atoms with van der Waals surface area (Å²) >= 11 is 1.32. The molecule has 1 aromatic carbocycles. The van der Waals surface area contributed by atoms with Gasteiger partial charge in [-0.2, -0.15) is 9.57 Å². The number of rotatable bonds is 8. The number of hydrogen-bond donors (Lipinski definition) is 0. The van der Waals surface area contributed by atoms with Crippen LogP contribution in [0.25, 0.3) is 17.0 Å². The van der Waals surface area contributed by atoms with Crippen LogP contribution in [0.3, 0.4) is 0 Å². The van der Waals surface area contributed by atoms with E-state index in [1.54, 1.807) is 38.1 Å². The van der Waals surface area contributed by atoms with Gasteiger partial charge in [-0.1, -0.05) is 37.7 Å². The third-order valence-corrected chi connectivity index (χ3v) is 7.97. The van der Waals surface area contributed by atoms with Crippen molar-refractivity contribution in [2.45, 2.75) is 29.7 Å². The van der Waals surface area contributed by atoms with Gasteiger partial charge in [0, 0.05) is 36.8 Å². The fourth-order valence-corrected chi connectivity index (χ4v) is 5.68. The average molecular weight is 468 g/mol. The first-order valence-corrected chi connectivity index (χ1v) is 12.5. The molecule has 0 saturated heterocycles. The molecule has 0 aliphatic carbocycles. The van der Waals surface area contributed by atoms with Crippen LogP contribution in [-0.2, 0) is 15.8 Å². The van der Waals surface area contributed by atoms with Crippen LogP contribution < -0.4 is 0 Å². The van der Waals surface area contributed by atoms with E-state index < -0.39 is 10.0 Å². The molecule has 32 heavy (non-hydrogen) atoms. The molecule has 0 fully saturated rings. The molecule has 0 unspecified atom stereocenters. The number of benzene rings is 1. The Morgan fingerprint density at radius 1 is 1.16 bits per heavy atom. The van der Waals surface area contributed by atoms with Crippen molar-refractivity contribution in [2.75, 3.05) is 13.1 Å². The number of sulfonamides is 1. The second-order valence-electron chi connectivity index (χ2n) is 6.91. The molecule has 0 atom stereocenters. The highest BCUT2D eigenvalue weighted by molar-refractivity contribution is 7.98. The molecule has 3 aromatic heterocycles. The lowest BCUT2D eigenvalue weighted by Crippen LogP contribution is -2.30. The largest absolute Gasteiger partial charge is 0.411 e. The number of fused-ring (bicyclic) bond motifs is 1. The van der Waals surface area contributed by atoms with Crippen LogP contribution in [0.2, 0.25) is 0 Å². The van der Waals surface area contributed by atoms with Gasteiger partial charge in [0.05, 0.1) is 16.0 Å². The molecule has 4 aromatic rings. The average Bonchev–Trinajstić information content (AvgIpc) is 3.42. The zero-order valence-corrected chi connectivity index (χ0v) is 19.2. The van der Waals surface area contributed by atoms with Gasteiger partial charge in [-0.05, 0) is 35.9 Å². The third kappa shape index (κ3) is 4.14. The van der Waals surface area contributed by atoms with Crippen LogP contribution in [0.4, 0.5) is 0 Å². The summed E-state index contributed by atoms with van der Waals surface area (Å²) in [6, 6.07) is 14.5. The first kappa shape index (κ1) is 22.1. The lowest BCUT2D eigenvalue weighted by atomic mass is 10.2. The van der Waals surface area contributed by atoms with Gasteiger partial charge in [-0.15, -0.1) is 10.2 Å². The molecule has 0 aliphatic heterocycles. The van der Waals surface area contributed by atoms with Crippen molar-refractivity contribution >= 4 is 27.3 Å². The molecule has 164 valence electrons. The van der Waals surface area contributed by atoms with Crippen molar-refractivity contribution in [1.82, 2.24) is 18.9 Å². The second-order valence-corrected chi connectivity index (χ2v) is 9.78. The van der Waals surface area contributed by atoms with E-state index in [1.807, 2.05) is 35.0 Å². The molecule has 0 spiro atoms. The highest BCUT2D eigenvalue weighted by Gasteiger charge is 2.22. The highest BCUT2D eigenvalue weighted by Crippen LogP contribution is 2.29. The Morgan fingerprint density at radius 2 is 1.97 bits per heavy atom. The van der Waals surface area contributed by atoms with Gasteiger partial charge in [-0.25, -0.2) is 8.42 Å². The molecule has 0 amide bonds. The maximum Gasteiger partial charge on any atom is 0.277 e. The zero-order chi connectivity index (χ0) is 22.7. The minimum atomic E-state index is -3.59. The number of hydrogen-bond acceptors (Lipinski definition) is 7. The Morgan fingerprint density at radius 3 is 2.72 bits per heavy atom. The van der Waals surface area contributed by atoms with Crippen LogP contribution >= 0.6 is 11.8 Å². The molecule has 8 nitrogen and oxygen atoms in total. The SMILES string of the molecule is CCN(CC)S(=O)(=O)c1cccc(-c2nnc(SCc3cn4ccccc4c3C#N)o2)c1. The third-order valence-electron chi connectivity index (χ3n) is 5.06. The normalized spacial score (nSPS) is 11.8. The smallest absolute Gasteiger partial charge is 0.277 e. The minimum Gasteiger partial charge on any atom is -0.411 e. The number of nitrogens with zero attached hydrogens (tertiary/aromatic N) is 5. The van der Waals surface area contributed by atoms with E-state index in [0.29, 0.717) is 35.2 Å². The first-order chi connectivity index (χ1) is 15.5. The summed E-state index contributed by atoms with van der Waals surface area (Å²) in [6.07, 6.45) is 3.81. The summed E-state index contributed by atoms with van der Waals surface area (Å²) in [4.78, 5) is 0.185. The molecule has 0 bridgehead atoms. The second kappa shape index (κ2) is 9.16. The standard InChI is InChI=1S/C22H21N5O3S2/c1-3-27(4-2)32(28,29)18-9-7-8-16(12-18)21-24-25-22(30-21)31-15-17-14-26-11-6-5-10-20(26)19(17)13-23/h5-12,14H,3-4,15H2,1-2H3. The highest BCUT2D eigenvalue weighted by atomic mass is 32.2. The Hall–Kier alpha value is -3.13. The molecule has 0 saturated carbocycles. The maximum atomic E-state index is 12.8. The van der Waals surface area contributed by atoms with Crippen LogP contribution in [0.15, 0.2) is 69.4 Å². The summed E-state index contributed by atoms with van der Waals surface area (Å²) in [5.74, 6) is 0.731. The zero-order valence-electron chi connectivity index (χ0n) is 17.6. The van der Waals surface area contributed by atoms with E-state index in [4.69, 9.17) is 4.42 Å². The van der Waals surface area contributed by atoms with Crippen molar-refractivity contribution in [2.24, 2.45) is 0 Å². The number of thioether (sulfide) groups is 1. The maximum absolute atomic E-state index is 12.8. The van der Waals surface area contributed by atoms with Crippen LogP contribution in [0.1, 0.15) is 25.0 Å². The molecule has 4 rings (SSSR count). The summed E-state index contributed by atoms with van der Waals surface area (Å²) < 4.78 is 34.7. The molecule has 0 N–H and O–H groups in total. The first-order valence-electron chi connectivity index (χ1n) is 10.0. The topological polar surface area (TPSA) is 105 Å². The van der Waals surface area contributed by atoms with Crippen LogP contribution in [-0.4, -0.2) is 40.4 Å². The predicted octanol–water partition coefficient (Wildman–Crippen LogP) is 4.18. The van der Waals surface area contributed by atoms with Gasteiger partial charge in [0.15, 0.2) is 0 Å². The number of nitriles is 1. The van der Waals surface area contributed by atoms with Crippen LogP contribution in [0, 0.1) is 11.3 Å². The quantitative estimate of drug-likeness (QED) is 0.358. The van der Waals surface area contributed by atoms with Gasteiger partial charge >= 0.3 is 0 Å². The van der Waals surface area contributed by atoms with Gasteiger partial charge in [0.2, 0.25) is 15.9 Å². The van der Waals surface area contributed by atoms with Crippen LogP contribution in [0.5, 0.6) is 0 Å². The molecule has 3 heterocycles.